The fourth-order valence-corrected chi connectivity index (χ4v) is 4.43. The van der Waals surface area contributed by atoms with Crippen LogP contribution in [0.5, 0.6) is 0 Å². The summed E-state index contributed by atoms with van der Waals surface area (Å²) in [5.41, 5.74) is 1.29. The summed E-state index contributed by atoms with van der Waals surface area (Å²) in [5.74, 6) is 0. The van der Waals surface area contributed by atoms with Gasteiger partial charge in [-0.3, -0.25) is 0 Å². The molecule has 2 heterocycles. The van der Waals surface area contributed by atoms with Crippen molar-refractivity contribution in [3.63, 3.8) is 0 Å². The van der Waals surface area contributed by atoms with Gasteiger partial charge in [0.2, 0.25) is 0 Å². The Morgan fingerprint density at radius 3 is 2.55 bits per heavy atom. The van der Waals surface area contributed by atoms with Gasteiger partial charge in [-0.15, -0.1) is 0 Å². The zero-order valence-electron chi connectivity index (χ0n) is 13.9. The molecule has 0 aromatic heterocycles. The Morgan fingerprint density at radius 1 is 1.14 bits per heavy atom. The van der Waals surface area contributed by atoms with Crippen LogP contribution in [0, 0.1) is 6.92 Å². The lowest BCUT2D eigenvalue weighted by atomic mass is 10.0. The predicted octanol–water partition coefficient (Wildman–Crippen LogP) is 3.93. The highest BCUT2D eigenvalue weighted by Gasteiger charge is 2.45. The topological polar surface area (TPSA) is 15.7 Å². The number of hydrogen-bond donors (Lipinski definition) is 0. The second-order valence-electron chi connectivity index (χ2n) is 6.50. The summed E-state index contributed by atoms with van der Waals surface area (Å²) in [6, 6.07) is 8.84. The van der Waals surface area contributed by atoms with E-state index in [9.17, 15) is 0 Å². The SMILES string of the molecule is CCCCN1CCC2(CC1)OCCN2Sc1ccc(C)cc1. The average molecular weight is 321 g/mol. The van der Waals surface area contributed by atoms with Crippen molar-refractivity contribution in [3.8, 4) is 0 Å². The summed E-state index contributed by atoms with van der Waals surface area (Å²) in [7, 11) is 0. The maximum Gasteiger partial charge on any atom is 0.133 e. The summed E-state index contributed by atoms with van der Waals surface area (Å²) < 4.78 is 8.72. The van der Waals surface area contributed by atoms with Crippen molar-refractivity contribution in [2.24, 2.45) is 0 Å². The summed E-state index contributed by atoms with van der Waals surface area (Å²) in [4.78, 5) is 3.93. The Balaban J connectivity index is 1.60. The normalized spacial score (nSPS) is 22.5. The fourth-order valence-electron chi connectivity index (χ4n) is 3.35. The number of unbranched alkanes of at least 4 members (excludes halogenated alkanes) is 1. The summed E-state index contributed by atoms with van der Waals surface area (Å²) in [6.07, 6.45) is 4.87. The van der Waals surface area contributed by atoms with Gasteiger partial charge >= 0.3 is 0 Å². The van der Waals surface area contributed by atoms with Crippen molar-refractivity contribution in [2.75, 3.05) is 32.8 Å². The van der Waals surface area contributed by atoms with Gasteiger partial charge in [0, 0.05) is 37.4 Å². The number of hydrogen-bond acceptors (Lipinski definition) is 4. The van der Waals surface area contributed by atoms with E-state index < -0.39 is 0 Å². The van der Waals surface area contributed by atoms with Crippen LogP contribution in [0.2, 0.25) is 0 Å². The van der Waals surface area contributed by atoms with Gasteiger partial charge in [-0.05, 0) is 44.0 Å². The van der Waals surface area contributed by atoms with E-state index >= 15 is 0 Å². The number of aryl methyl sites for hydroxylation is 1. The minimum Gasteiger partial charge on any atom is -0.358 e. The van der Waals surface area contributed by atoms with E-state index in [0.29, 0.717) is 0 Å². The van der Waals surface area contributed by atoms with Crippen molar-refractivity contribution in [3.05, 3.63) is 29.8 Å². The van der Waals surface area contributed by atoms with Crippen LogP contribution >= 0.6 is 11.9 Å². The van der Waals surface area contributed by atoms with Gasteiger partial charge in [-0.1, -0.05) is 31.0 Å². The monoisotopic (exact) mass is 320 g/mol. The first-order valence-electron chi connectivity index (χ1n) is 8.60. The highest BCUT2D eigenvalue weighted by Crippen LogP contribution is 2.41. The van der Waals surface area contributed by atoms with Crippen molar-refractivity contribution in [2.45, 2.75) is 50.2 Å². The second-order valence-corrected chi connectivity index (χ2v) is 7.59. The largest absolute Gasteiger partial charge is 0.358 e. The van der Waals surface area contributed by atoms with E-state index in [1.165, 1.54) is 42.9 Å². The summed E-state index contributed by atoms with van der Waals surface area (Å²) >= 11 is 1.87. The summed E-state index contributed by atoms with van der Waals surface area (Å²) in [5, 5.41) is 0. The molecule has 0 unspecified atom stereocenters. The Bertz CT molecular complexity index is 468. The number of piperidine rings is 1. The number of likely N-dealkylation sites (tertiary alicyclic amines) is 1. The third kappa shape index (κ3) is 3.67. The van der Waals surface area contributed by atoms with E-state index in [4.69, 9.17) is 4.74 Å². The fraction of sp³-hybridized carbons (Fsp3) is 0.667. The Kier molecular flexibility index (Phi) is 5.45. The molecule has 0 radical (unpaired) electrons. The molecule has 0 atom stereocenters. The second kappa shape index (κ2) is 7.35. The van der Waals surface area contributed by atoms with Gasteiger partial charge in [0.15, 0.2) is 0 Å². The molecule has 1 aromatic rings. The first-order chi connectivity index (χ1) is 10.7. The molecule has 3 nitrogen and oxygen atoms in total. The third-order valence-electron chi connectivity index (χ3n) is 4.82. The van der Waals surface area contributed by atoms with Crippen LogP contribution in [0.25, 0.3) is 0 Å². The van der Waals surface area contributed by atoms with E-state index in [-0.39, 0.29) is 5.72 Å². The molecule has 122 valence electrons. The van der Waals surface area contributed by atoms with Crippen LogP contribution in [-0.4, -0.2) is 47.7 Å². The lowest BCUT2D eigenvalue weighted by molar-refractivity contribution is -0.0877. The van der Waals surface area contributed by atoms with E-state index in [1.807, 2.05) is 11.9 Å². The summed E-state index contributed by atoms with van der Waals surface area (Å²) in [6.45, 7) is 9.90. The van der Waals surface area contributed by atoms with Crippen LogP contribution < -0.4 is 0 Å². The first kappa shape index (κ1) is 16.3. The molecule has 0 amide bonds. The molecule has 22 heavy (non-hydrogen) atoms. The molecule has 1 aromatic carbocycles. The quantitative estimate of drug-likeness (QED) is 0.764. The molecule has 0 bridgehead atoms. The Labute approximate surface area is 139 Å². The van der Waals surface area contributed by atoms with E-state index in [2.05, 4.69) is 47.3 Å². The molecule has 0 saturated carbocycles. The molecular weight excluding hydrogens is 292 g/mol. The zero-order chi connectivity index (χ0) is 15.4. The van der Waals surface area contributed by atoms with Crippen LogP contribution in [0.3, 0.4) is 0 Å². The van der Waals surface area contributed by atoms with Crippen molar-refractivity contribution in [1.82, 2.24) is 9.21 Å². The standard InChI is InChI=1S/C18H28N2OS/c1-3-4-11-19-12-9-18(10-13-19)20(14-15-21-18)22-17-7-5-16(2)6-8-17/h5-8H,3-4,9-15H2,1-2H3. The van der Waals surface area contributed by atoms with Gasteiger partial charge in [-0.2, -0.15) is 0 Å². The molecule has 2 aliphatic heterocycles. The van der Waals surface area contributed by atoms with Crippen LogP contribution in [0.4, 0.5) is 0 Å². The maximum absolute atomic E-state index is 6.22. The van der Waals surface area contributed by atoms with Crippen molar-refractivity contribution < 1.29 is 4.74 Å². The number of ether oxygens (including phenoxy) is 1. The number of benzene rings is 1. The zero-order valence-corrected chi connectivity index (χ0v) is 14.7. The molecule has 4 heteroatoms. The number of nitrogens with zero attached hydrogens (tertiary/aromatic N) is 2. The van der Waals surface area contributed by atoms with Crippen LogP contribution in [0.15, 0.2) is 29.2 Å². The molecule has 1 spiro atoms. The first-order valence-corrected chi connectivity index (χ1v) is 9.38. The average Bonchev–Trinajstić information content (AvgIpc) is 2.91. The minimum absolute atomic E-state index is 0.0295. The van der Waals surface area contributed by atoms with Crippen molar-refractivity contribution in [1.29, 1.82) is 0 Å². The lowest BCUT2D eigenvalue weighted by Crippen LogP contribution is -2.50. The van der Waals surface area contributed by atoms with Crippen molar-refractivity contribution >= 4 is 11.9 Å². The van der Waals surface area contributed by atoms with Gasteiger partial charge in [0.25, 0.3) is 0 Å². The molecule has 0 aliphatic carbocycles. The molecular formula is C18H28N2OS. The highest BCUT2D eigenvalue weighted by atomic mass is 32.2. The minimum atomic E-state index is -0.0295. The number of rotatable bonds is 5. The highest BCUT2D eigenvalue weighted by molar-refractivity contribution is 7.97. The van der Waals surface area contributed by atoms with E-state index in [0.717, 1.165) is 26.0 Å². The molecule has 2 fully saturated rings. The smallest absolute Gasteiger partial charge is 0.133 e. The van der Waals surface area contributed by atoms with Crippen LogP contribution in [-0.2, 0) is 4.74 Å². The van der Waals surface area contributed by atoms with E-state index in [1.54, 1.807) is 0 Å². The molecule has 2 saturated heterocycles. The maximum atomic E-state index is 6.22. The molecule has 3 rings (SSSR count). The van der Waals surface area contributed by atoms with Gasteiger partial charge in [0.05, 0.1) is 6.61 Å². The lowest BCUT2D eigenvalue weighted by Gasteiger charge is -2.43. The molecule has 0 N–H and O–H groups in total. The Hall–Kier alpha value is -0.550. The van der Waals surface area contributed by atoms with Crippen LogP contribution in [0.1, 0.15) is 38.2 Å². The van der Waals surface area contributed by atoms with Gasteiger partial charge < -0.3 is 9.64 Å². The predicted molar refractivity (Wildman–Crippen MR) is 93.0 cm³/mol. The molecule has 2 aliphatic rings. The van der Waals surface area contributed by atoms with Gasteiger partial charge in [-0.25, -0.2) is 4.31 Å². The third-order valence-corrected chi connectivity index (χ3v) is 6.04. The Morgan fingerprint density at radius 2 is 1.86 bits per heavy atom. The van der Waals surface area contributed by atoms with Gasteiger partial charge in [0.1, 0.15) is 5.72 Å².